The van der Waals surface area contributed by atoms with Crippen molar-refractivity contribution in [3.63, 3.8) is 0 Å². The van der Waals surface area contributed by atoms with Crippen LogP contribution >= 0.6 is 0 Å². The minimum absolute atomic E-state index is 0.0428. The molecule has 2 atom stereocenters. The summed E-state index contributed by atoms with van der Waals surface area (Å²) in [7, 11) is 0. The van der Waals surface area contributed by atoms with Gasteiger partial charge in [0.05, 0.1) is 18.8 Å². The highest BCUT2D eigenvalue weighted by Gasteiger charge is 2.19. The van der Waals surface area contributed by atoms with Gasteiger partial charge in [-0.25, -0.2) is 0 Å². The molecular formula is C41H79NO3. The van der Waals surface area contributed by atoms with E-state index < -0.39 is 12.1 Å². The second-order valence-electron chi connectivity index (χ2n) is 13.7. The Kier molecular flexibility index (Phi) is 36.4. The van der Waals surface area contributed by atoms with Gasteiger partial charge in [-0.1, -0.05) is 192 Å². The van der Waals surface area contributed by atoms with Crippen LogP contribution in [0.5, 0.6) is 0 Å². The van der Waals surface area contributed by atoms with E-state index in [1.54, 1.807) is 0 Å². The van der Waals surface area contributed by atoms with Gasteiger partial charge in [-0.05, 0) is 38.5 Å². The molecule has 0 saturated heterocycles. The van der Waals surface area contributed by atoms with E-state index in [2.05, 4.69) is 43.5 Å². The molecule has 0 heterocycles. The SMILES string of the molecule is CCCCC/C=C\C=C/CCCCCCCCC(=O)NC(CO)C(O)CCCCCCCCCCCCCCCCCCCC. The monoisotopic (exact) mass is 634 g/mol. The van der Waals surface area contributed by atoms with Crippen LogP contribution in [-0.2, 0) is 4.79 Å². The highest BCUT2D eigenvalue weighted by Crippen LogP contribution is 2.16. The third-order valence-corrected chi connectivity index (χ3v) is 9.24. The maximum absolute atomic E-state index is 12.3. The Bertz CT molecular complexity index is 647. The standard InChI is InChI=1S/C41H79NO3/c1-3-5-7-9-11-13-15-17-19-20-21-23-24-26-28-30-32-34-36-40(44)39(38-43)42-41(45)37-35-33-31-29-27-25-22-18-16-14-12-10-8-6-4-2/h12,14,16,18,39-40,43-44H,3-11,13,15,17,19-38H2,1-2H3,(H,42,45)/b14-12-,18-16-. The summed E-state index contributed by atoms with van der Waals surface area (Å²) in [5.41, 5.74) is 0. The second kappa shape index (κ2) is 37.3. The zero-order valence-corrected chi connectivity index (χ0v) is 30.4. The minimum atomic E-state index is -0.661. The van der Waals surface area contributed by atoms with Gasteiger partial charge in [-0.15, -0.1) is 0 Å². The van der Waals surface area contributed by atoms with Crippen molar-refractivity contribution >= 4 is 5.91 Å². The number of amides is 1. The van der Waals surface area contributed by atoms with Crippen molar-refractivity contribution in [2.24, 2.45) is 0 Å². The lowest BCUT2D eigenvalue weighted by molar-refractivity contribution is -0.123. The van der Waals surface area contributed by atoms with Crippen LogP contribution in [0.4, 0.5) is 0 Å². The van der Waals surface area contributed by atoms with Gasteiger partial charge in [0.1, 0.15) is 0 Å². The number of hydrogen-bond donors (Lipinski definition) is 3. The number of allylic oxidation sites excluding steroid dienone is 4. The first kappa shape index (κ1) is 43.9. The van der Waals surface area contributed by atoms with E-state index in [-0.39, 0.29) is 12.5 Å². The lowest BCUT2D eigenvalue weighted by atomic mass is 10.0. The van der Waals surface area contributed by atoms with Crippen molar-refractivity contribution in [1.82, 2.24) is 5.32 Å². The molecule has 0 aliphatic carbocycles. The molecular weight excluding hydrogens is 554 g/mol. The third-order valence-electron chi connectivity index (χ3n) is 9.24. The molecule has 1 amide bonds. The molecule has 0 saturated carbocycles. The molecule has 0 spiro atoms. The van der Waals surface area contributed by atoms with Crippen molar-refractivity contribution < 1.29 is 15.0 Å². The molecule has 0 bridgehead atoms. The number of carbonyl (C=O) groups is 1. The summed E-state index contributed by atoms with van der Waals surface area (Å²) < 4.78 is 0. The highest BCUT2D eigenvalue weighted by molar-refractivity contribution is 5.76. The maximum Gasteiger partial charge on any atom is 0.220 e. The van der Waals surface area contributed by atoms with E-state index in [1.807, 2.05) is 0 Å². The molecule has 0 aromatic heterocycles. The molecule has 4 heteroatoms. The second-order valence-corrected chi connectivity index (χ2v) is 13.7. The predicted molar refractivity (Wildman–Crippen MR) is 198 cm³/mol. The summed E-state index contributed by atoms with van der Waals surface area (Å²) >= 11 is 0. The molecule has 3 N–H and O–H groups in total. The van der Waals surface area contributed by atoms with E-state index in [0.29, 0.717) is 12.8 Å². The van der Waals surface area contributed by atoms with Crippen LogP contribution in [-0.4, -0.2) is 34.9 Å². The lowest BCUT2D eigenvalue weighted by Crippen LogP contribution is -2.45. The lowest BCUT2D eigenvalue weighted by Gasteiger charge is -2.22. The number of hydrogen-bond acceptors (Lipinski definition) is 3. The fourth-order valence-electron chi connectivity index (χ4n) is 6.12. The fourth-order valence-corrected chi connectivity index (χ4v) is 6.12. The Hall–Kier alpha value is -1.13. The van der Waals surface area contributed by atoms with E-state index in [4.69, 9.17) is 0 Å². The van der Waals surface area contributed by atoms with Gasteiger partial charge >= 0.3 is 0 Å². The van der Waals surface area contributed by atoms with E-state index in [9.17, 15) is 15.0 Å². The van der Waals surface area contributed by atoms with E-state index in [0.717, 1.165) is 32.1 Å². The molecule has 266 valence electrons. The zero-order valence-electron chi connectivity index (χ0n) is 30.4. The largest absolute Gasteiger partial charge is 0.394 e. The first-order valence-corrected chi connectivity index (χ1v) is 20.1. The van der Waals surface area contributed by atoms with Gasteiger partial charge in [-0.3, -0.25) is 4.79 Å². The van der Waals surface area contributed by atoms with E-state index in [1.165, 1.54) is 154 Å². The molecule has 0 radical (unpaired) electrons. The van der Waals surface area contributed by atoms with Crippen LogP contribution in [0, 0.1) is 0 Å². The molecule has 0 aromatic carbocycles. The Morgan fingerprint density at radius 1 is 0.533 bits per heavy atom. The Labute approximate surface area is 281 Å². The quantitative estimate of drug-likeness (QED) is 0.0475. The predicted octanol–water partition coefficient (Wildman–Crippen LogP) is 12.1. The van der Waals surface area contributed by atoms with Gasteiger partial charge < -0.3 is 15.5 Å². The maximum atomic E-state index is 12.3. The topological polar surface area (TPSA) is 69.6 Å². The summed E-state index contributed by atoms with van der Waals surface area (Å²) in [6.07, 6.45) is 46.6. The van der Waals surface area contributed by atoms with Gasteiger partial charge in [-0.2, -0.15) is 0 Å². The average Bonchev–Trinajstić information content (AvgIpc) is 3.04. The number of carbonyl (C=O) groups excluding carboxylic acids is 1. The zero-order chi connectivity index (χ0) is 32.9. The smallest absolute Gasteiger partial charge is 0.220 e. The molecule has 0 fully saturated rings. The molecule has 2 unspecified atom stereocenters. The Balaban J connectivity index is 3.55. The van der Waals surface area contributed by atoms with Crippen LogP contribution in [0.25, 0.3) is 0 Å². The normalized spacial score (nSPS) is 13.2. The van der Waals surface area contributed by atoms with E-state index >= 15 is 0 Å². The number of aliphatic hydroxyl groups excluding tert-OH is 2. The summed E-state index contributed by atoms with van der Waals surface area (Å²) in [4.78, 5) is 12.3. The summed E-state index contributed by atoms with van der Waals surface area (Å²) in [6.45, 7) is 4.33. The molecule has 45 heavy (non-hydrogen) atoms. The van der Waals surface area contributed by atoms with Crippen LogP contribution in [0.2, 0.25) is 0 Å². The van der Waals surface area contributed by atoms with Crippen molar-refractivity contribution in [1.29, 1.82) is 0 Å². The molecule has 0 aliphatic heterocycles. The summed E-state index contributed by atoms with van der Waals surface area (Å²) in [6, 6.07) is -0.539. The number of rotatable bonds is 36. The Morgan fingerprint density at radius 2 is 0.889 bits per heavy atom. The van der Waals surface area contributed by atoms with Crippen molar-refractivity contribution in [2.45, 2.75) is 225 Å². The van der Waals surface area contributed by atoms with Crippen molar-refractivity contribution in [3.05, 3.63) is 24.3 Å². The molecule has 4 nitrogen and oxygen atoms in total. The van der Waals surface area contributed by atoms with Crippen LogP contribution < -0.4 is 5.32 Å². The van der Waals surface area contributed by atoms with Crippen LogP contribution in [0.15, 0.2) is 24.3 Å². The van der Waals surface area contributed by atoms with Crippen LogP contribution in [0.3, 0.4) is 0 Å². The number of nitrogens with one attached hydrogen (secondary N) is 1. The van der Waals surface area contributed by atoms with Gasteiger partial charge in [0, 0.05) is 6.42 Å². The van der Waals surface area contributed by atoms with Gasteiger partial charge in [0.25, 0.3) is 0 Å². The third kappa shape index (κ3) is 34.0. The molecule has 0 rings (SSSR count). The summed E-state index contributed by atoms with van der Waals surface area (Å²) in [5.74, 6) is -0.0428. The average molecular weight is 634 g/mol. The Morgan fingerprint density at radius 3 is 1.33 bits per heavy atom. The molecule has 0 aliphatic rings. The minimum Gasteiger partial charge on any atom is -0.394 e. The van der Waals surface area contributed by atoms with Crippen molar-refractivity contribution in [2.75, 3.05) is 6.61 Å². The fraction of sp³-hybridized carbons (Fsp3) is 0.878. The van der Waals surface area contributed by atoms with Gasteiger partial charge in [0.15, 0.2) is 0 Å². The highest BCUT2D eigenvalue weighted by atomic mass is 16.3. The molecule has 0 aromatic rings. The number of unbranched alkanes of at least 4 members (excludes halogenated alkanes) is 26. The van der Waals surface area contributed by atoms with Crippen molar-refractivity contribution in [3.8, 4) is 0 Å². The number of aliphatic hydroxyl groups is 2. The van der Waals surface area contributed by atoms with Crippen LogP contribution in [0.1, 0.15) is 213 Å². The first-order chi connectivity index (χ1) is 22.2. The first-order valence-electron chi connectivity index (χ1n) is 20.1. The summed E-state index contributed by atoms with van der Waals surface area (Å²) in [5, 5.41) is 23.1. The van der Waals surface area contributed by atoms with Gasteiger partial charge in [0.2, 0.25) is 5.91 Å².